The molecule has 0 N–H and O–H groups in total. The zero-order valence-electron chi connectivity index (χ0n) is 16.9. The van der Waals surface area contributed by atoms with E-state index >= 15 is 0 Å². The highest BCUT2D eigenvalue weighted by Gasteiger charge is 2.18. The average Bonchev–Trinajstić information content (AvgIpc) is 3.38. The van der Waals surface area contributed by atoms with Crippen LogP contribution < -0.4 is 9.47 Å². The molecule has 0 atom stereocenters. The van der Waals surface area contributed by atoms with Crippen molar-refractivity contribution in [1.82, 2.24) is 4.90 Å². The zero-order chi connectivity index (χ0) is 20.6. The molecule has 0 aliphatic rings. The summed E-state index contributed by atoms with van der Waals surface area (Å²) in [4.78, 5) is 17.0. The maximum Gasteiger partial charge on any atom is 0.261 e. The topological polar surface area (TPSA) is 51.9 Å². The smallest absolute Gasteiger partial charge is 0.261 e. The Balaban J connectivity index is 1.70. The lowest BCUT2D eigenvalue weighted by Gasteiger charge is -2.21. The Morgan fingerprint density at radius 3 is 2.69 bits per heavy atom. The molecule has 0 radical (unpaired) electrons. The number of thiophene rings is 1. The Labute approximate surface area is 175 Å². The molecule has 0 saturated carbocycles. The predicted octanol–water partition coefficient (Wildman–Crippen LogP) is 5.30. The van der Waals surface area contributed by atoms with Crippen LogP contribution in [0.2, 0.25) is 0 Å². The van der Waals surface area contributed by atoms with E-state index in [1.807, 2.05) is 55.5 Å². The molecule has 0 aliphatic carbocycles. The lowest BCUT2D eigenvalue weighted by molar-refractivity contribution is -0.134. The zero-order valence-corrected chi connectivity index (χ0v) is 17.7. The van der Waals surface area contributed by atoms with Crippen molar-refractivity contribution in [1.29, 1.82) is 0 Å². The summed E-state index contributed by atoms with van der Waals surface area (Å²) in [6, 6.07) is 13.4. The highest BCUT2D eigenvalue weighted by atomic mass is 32.1. The minimum Gasteiger partial charge on any atom is -0.493 e. The van der Waals surface area contributed by atoms with Gasteiger partial charge in [0.15, 0.2) is 18.1 Å². The monoisotopic (exact) mass is 411 g/mol. The molecule has 3 aromatic rings. The van der Waals surface area contributed by atoms with Crippen molar-refractivity contribution in [2.45, 2.75) is 26.9 Å². The van der Waals surface area contributed by atoms with Gasteiger partial charge in [0.25, 0.3) is 5.91 Å². The molecule has 0 unspecified atom stereocenters. The molecule has 0 aliphatic heterocycles. The lowest BCUT2D eigenvalue weighted by atomic mass is 10.2. The van der Waals surface area contributed by atoms with Crippen LogP contribution in [0.15, 0.2) is 59.2 Å². The van der Waals surface area contributed by atoms with E-state index in [0.717, 1.165) is 16.2 Å². The lowest BCUT2D eigenvalue weighted by Crippen LogP contribution is -2.33. The van der Waals surface area contributed by atoms with Crippen molar-refractivity contribution in [2.24, 2.45) is 0 Å². The van der Waals surface area contributed by atoms with Gasteiger partial charge < -0.3 is 18.8 Å². The summed E-state index contributed by atoms with van der Waals surface area (Å²) in [5.41, 5.74) is 1.01. The fourth-order valence-corrected chi connectivity index (χ4v) is 3.82. The van der Waals surface area contributed by atoms with Gasteiger partial charge in [-0.15, -0.1) is 11.3 Å². The first kappa shape index (κ1) is 20.7. The molecule has 2 aromatic heterocycles. The van der Waals surface area contributed by atoms with Gasteiger partial charge in [-0.3, -0.25) is 4.79 Å². The molecule has 2 heterocycles. The molecule has 1 amide bonds. The number of rotatable bonds is 9. The molecule has 6 heteroatoms. The maximum absolute atomic E-state index is 12.9. The van der Waals surface area contributed by atoms with Gasteiger partial charge in [0.05, 0.1) is 26.5 Å². The minimum atomic E-state index is -0.118. The normalized spacial score (nSPS) is 11.0. The van der Waals surface area contributed by atoms with Crippen LogP contribution in [0, 0.1) is 6.92 Å². The van der Waals surface area contributed by atoms with Gasteiger partial charge in [-0.2, -0.15) is 0 Å². The van der Waals surface area contributed by atoms with Gasteiger partial charge in [-0.05, 0) is 55.8 Å². The van der Waals surface area contributed by atoms with Gasteiger partial charge >= 0.3 is 0 Å². The number of allylic oxidation sites excluding steroid dienone is 1. The quantitative estimate of drug-likeness (QED) is 0.479. The van der Waals surface area contributed by atoms with Gasteiger partial charge in [-0.1, -0.05) is 18.2 Å². The number of amides is 1. The Morgan fingerprint density at radius 2 is 2.03 bits per heavy atom. The summed E-state index contributed by atoms with van der Waals surface area (Å²) in [6.45, 7) is 4.84. The number of hydrogen-bond donors (Lipinski definition) is 0. The summed E-state index contributed by atoms with van der Waals surface area (Å²) < 4.78 is 16.6. The SMILES string of the molecule is C/C=C/c1ccc(OCC(=O)N(Cc2ccco2)Cc2ccc(C)s2)c(OC)c1. The number of ether oxygens (including phenoxy) is 2. The van der Waals surface area contributed by atoms with E-state index < -0.39 is 0 Å². The standard InChI is InChI=1S/C23H25NO4S/c1-4-6-18-9-11-21(22(13-18)26-3)28-16-23(25)24(14-19-7-5-12-27-19)15-20-10-8-17(2)29-20/h4-13H,14-16H2,1-3H3/b6-4+. The Morgan fingerprint density at radius 1 is 1.17 bits per heavy atom. The first-order valence-electron chi connectivity index (χ1n) is 9.38. The Bertz CT molecular complexity index is 959. The molecule has 5 nitrogen and oxygen atoms in total. The molecule has 1 aromatic carbocycles. The van der Waals surface area contributed by atoms with E-state index in [2.05, 4.69) is 13.0 Å². The van der Waals surface area contributed by atoms with E-state index in [-0.39, 0.29) is 12.5 Å². The van der Waals surface area contributed by atoms with Crippen molar-refractivity contribution >= 4 is 23.3 Å². The van der Waals surface area contributed by atoms with Crippen LogP contribution in [0.25, 0.3) is 6.08 Å². The first-order chi connectivity index (χ1) is 14.1. The Hall–Kier alpha value is -2.99. The number of nitrogens with zero attached hydrogens (tertiary/aromatic N) is 1. The van der Waals surface area contributed by atoms with E-state index in [1.165, 1.54) is 4.88 Å². The number of carbonyl (C=O) groups is 1. The molecular formula is C23H25NO4S. The van der Waals surface area contributed by atoms with E-state index in [0.29, 0.717) is 24.6 Å². The van der Waals surface area contributed by atoms with Crippen molar-refractivity contribution in [3.8, 4) is 11.5 Å². The van der Waals surface area contributed by atoms with Crippen molar-refractivity contribution in [3.05, 3.63) is 75.9 Å². The molecule has 3 rings (SSSR count). The molecule has 152 valence electrons. The number of benzene rings is 1. The van der Waals surface area contributed by atoms with Gasteiger partial charge in [0.1, 0.15) is 5.76 Å². The second-order valence-electron chi connectivity index (χ2n) is 6.54. The minimum absolute atomic E-state index is 0.0790. The first-order valence-corrected chi connectivity index (χ1v) is 10.2. The summed E-state index contributed by atoms with van der Waals surface area (Å²) in [7, 11) is 1.59. The van der Waals surface area contributed by atoms with Crippen molar-refractivity contribution in [2.75, 3.05) is 13.7 Å². The van der Waals surface area contributed by atoms with E-state index in [9.17, 15) is 4.79 Å². The number of furan rings is 1. The van der Waals surface area contributed by atoms with E-state index in [1.54, 1.807) is 29.6 Å². The number of carbonyl (C=O) groups excluding carboxylic acids is 1. The summed E-state index contributed by atoms with van der Waals surface area (Å²) >= 11 is 1.68. The molecule has 0 fully saturated rings. The molecule has 29 heavy (non-hydrogen) atoms. The Kier molecular flexibility index (Phi) is 7.14. The number of methoxy groups -OCH3 is 1. The van der Waals surface area contributed by atoms with Crippen LogP contribution in [-0.4, -0.2) is 24.5 Å². The summed E-state index contributed by atoms with van der Waals surface area (Å²) in [6.07, 6.45) is 5.55. The highest BCUT2D eigenvalue weighted by molar-refractivity contribution is 7.11. The van der Waals surface area contributed by atoms with Gasteiger partial charge in [0, 0.05) is 9.75 Å². The van der Waals surface area contributed by atoms with Crippen LogP contribution in [0.5, 0.6) is 11.5 Å². The third-order valence-electron chi connectivity index (χ3n) is 4.32. The molecule has 0 spiro atoms. The maximum atomic E-state index is 12.9. The molecule has 0 saturated heterocycles. The third-order valence-corrected chi connectivity index (χ3v) is 5.31. The summed E-state index contributed by atoms with van der Waals surface area (Å²) in [5.74, 6) is 1.76. The van der Waals surface area contributed by atoms with Crippen LogP contribution in [0.3, 0.4) is 0 Å². The predicted molar refractivity (Wildman–Crippen MR) is 115 cm³/mol. The van der Waals surface area contributed by atoms with Gasteiger partial charge in [0.2, 0.25) is 0 Å². The van der Waals surface area contributed by atoms with E-state index in [4.69, 9.17) is 13.9 Å². The fourth-order valence-electron chi connectivity index (χ4n) is 2.91. The van der Waals surface area contributed by atoms with Crippen molar-refractivity contribution in [3.63, 3.8) is 0 Å². The van der Waals surface area contributed by atoms with Crippen LogP contribution >= 0.6 is 11.3 Å². The molecular weight excluding hydrogens is 386 g/mol. The average molecular weight is 412 g/mol. The van der Waals surface area contributed by atoms with Crippen LogP contribution in [0.1, 0.15) is 28.0 Å². The second-order valence-corrected chi connectivity index (χ2v) is 7.91. The largest absolute Gasteiger partial charge is 0.493 e. The fraction of sp³-hybridized carbons (Fsp3) is 0.261. The number of aryl methyl sites for hydroxylation is 1. The molecule has 0 bridgehead atoms. The number of hydrogen-bond acceptors (Lipinski definition) is 5. The highest BCUT2D eigenvalue weighted by Crippen LogP contribution is 2.29. The van der Waals surface area contributed by atoms with Crippen molar-refractivity contribution < 1.29 is 18.7 Å². The summed E-state index contributed by atoms with van der Waals surface area (Å²) in [5, 5.41) is 0. The van der Waals surface area contributed by atoms with Crippen LogP contribution in [0.4, 0.5) is 0 Å². The van der Waals surface area contributed by atoms with Gasteiger partial charge in [-0.25, -0.2) is 0 Å². The van der Waals surface area contributed by atoms with Crippen LogP contribution in [-0.2, 0) is 17.9 Å². The third kappa shape index (κ3) is 5.74. The second kappa shape index (κ2) is 9.98.